The summed E-state index contributed by atoms with van der Waals surface area (Å²) >= 11 is 0. The maximum atomic E-state index is 14.2. The van der Waals surface area contributed by atoms with Crippen LogP contribution in [-0.2, 0) is 28.5 Å². The van der Waals surface area contributed by atoms with E-state index in [1.54, 1.807) is 27.9 Å². The van der Waals surface area contributed by atoms with Crippen LogP contribution in [0.4, 0.5) is 0 Å². The molecule has 0 saturated carbocycles. The Bertz CT molecular complexity index is 969. The minimum Gasteiger partial charge on any atom is -0.463 e. The number of ether oxygens (including phenoxy) is 4. The average molecular weight is 640 g/mol. The summed E-state index contributed by atoms with van der Waals surface area (Å²) in [5.41, 5.74) is -2.31. The topological polar surface area (TPSA) is 101 Å². The van der Waals surface area contributed by atoms with Crippen molar-refractivity contribution in [2.24, 2.45) is 29.1 Å². The van der Waals surface area contributed by atoms with Gasteiger partial charge >= 0.3 is 5.97 Å². The molecule has 9 atom stereocenters. The molecule has 0 bridgehead atoms. The van der Waals surface area contributed by atoms with E-state index in [2.05, 4.69) is 37.6 Å². The van der Waals surface area contributed by atoms with Crippen LogP contribution in [0.2, 0.25) is 0 Å². The molecular weight excluding hydrogens is 574 g/mol. The first-order valence-electron chi connectivity index (χ1n) is 17.3. The quantitative estimate of drug-likeness (QED) is 0.328. The molecule has 0 aromatic carbocycles. The van der Waals surface area contributed by atoms with Gasteiger partial charge in [0.1, 0.15) is 18.1 Å². The molecule has 10 nitrogen and oxygen atoms in total. The zero-order valence-electron chi connectivity index (χ0n) is 30.4. The average Bonchev–Trinajstić information content (AvgIpc) is 2.97. The number of methoxy groups -OCH3 is 1. The van der Waals surface area contributed by atoms with Crippen LogP contribution in [0.1, 0.15) is 81.1 Å². The first kappa shape index (κ1) is 38.3. The smallest absolute Gasteiger partial charge is 0.319 e. The molecule has 0 aromatic rings. The fourth-order valence-electron chi connectivity index (χ4n) is 7.88. The molecule has 0 amide bonds. The zero-order valence-corrected chi connectivity index (χ0v) is 30.4. The number of carbonyl (C=O) groups excluding carboxylic acids is 2. The molecule has 3 rings (SSSR count). The number of hydrogen-bond acceptors (Lipinski definition) is 10. The molecule has 3 aliphatic rings. The molecule has 0 aromatic heterocycles. The number of aliphatic hydroxyl groups is 1. The van der Waals surface area contributed by atoms with Crippen LogP contribution in [0, 0.1) is 29.1 Å². The van der Waals surface area contributed by atoms with Crippen LogP contribution < -0.4 is 0 Å². The number of piperidine rings is 1. The lowest BCUT2D eigenvalue weighted by Crippen LogP contribution is -2.59. The highest BCUT2D eigenvalue weighted by atomic mass is 16.7. The van der Waals surface area contributed by atoms with E-state index >= 15 is 0 Å². The molecule has 0 unspecified atom stereocenters. The van der Waals surface area contributed by atoms with Gasteiger partial charge in [-0.2, -0.15) is 0 Å². The standard InChI is InChI=1S/C35H65N3O7/c1-22(2)26-13-15-38(16-14-26)20-27-21-43-33(41)34(6,7)30(40)25(5)31(35(8,42-12)18-23(3)19-37(27)11)45-32-29(39)28(36(9)10)17-24(4)44-32/h22-29,31-32,39H,13-21H2,1-12H3/t23-,24-,25+,27-,28+,29-,31-,32+,35-/m1/s1. The van der Waals surface area contributed by atoms with Gasteiger partial charge in [0.15, 0.2) is 12.1 Å². The van der Waals surface area contributed by atoms with Crippen molar-refractivity contribution < 1.29 is 33.6 Å². The lowest BCUT2D eigenvalue weighted by Gasteiger charge is -2.47. The molecule has 3 heterocycles. The van der Waals surface area contributed by atoms with E-state index in [1.165, 1.54) is 12.8 Å². The second-order valence-corrected chi connectivity index (χ2v) is 15.8. The molecule has 0 spiro atoms. The van der Waals surface area contributed by atoms with Crippen molar-refractivity contribution in [2.75, 3.05) is 61.0 Å². The van der Waals surface area contributed by atoms with Crippen molar-refractivity contribution in [3.05, 3.63) is 0 Å². The lowest BCUT2D eigenvalue weighted by atomic mass is 9.74. The van der Waals surface area contributed by atoms with Crippen LogP contribution in [0.3, 0.4) is 0 Å². The Hall–Kier alpha value is -1.14. The van der Waals surface area contributed by atoms with Gasteiger partial charge in [0.2, 0.25) is 0 Å². The summed E-state index contributed by atoms with van der Waals surface area (Å²) in [5, 5.41) is 11.3. The normalized spacial score (nSPS) is 38.9. The summed E-state index contributed by atoms with van der Waals surface area (Å²) < 4.78 is 25.0. The highest BCUT2D eigenvalue weighted by molar-refractivity contribution is 6.04. The number of Topliss-reactive ketones (excluding diaryl/α,β-unsaturated/α-hetero) is 1. The minimum atomic E-state index is -1.40. The largest absolute Gasteiger partial charge is 0.463 e. The van der Waals surface area contributed by atoms with E-state index in [4.69, 9.17) is 18.9 Å². The van der Waals surface area contributed by atoms with E-state index in [9.17, 15) is 14.7 Å². The number of aliphatic hydroxyl groups excluding tert-OH is 1. The molecular formula is C35H65N3O7. The maximum absolute atomic E-state index is 14.2. The molecule has 3 saturated heterocycles. The number of likely N-dealkylation sites (tertiary alicyclic amines) is 1. The summed E-state index contributed by atoms with van der Waals surface area (Å²) in [4.78, 5) is 34.6. The van der Waals surface area contributed by atoms with E-state index < -0.39 is 41.4 Å². The zero-order chi connectivity index (χ0) is 33.9. The summed E-state index contributed by atoms with van der Waals surface area (Å²) in [6.07, 6.45) is 0.825. The van der Waals surface area contributed by atoms with E-state index in [-0.39, 0.29) is 36.5 Å². The third-order valence-corrected chi connectivity index (χ3v) is 11.0. The van der Waals surface area contributed by atoms with Crippen LogP contribution in [0.5, 0.6) is 0 Å². The molecule has 3 fully saturated rings. The van der Waals surface area contributed by atoms with E-state index in [1.807, 2.05) is 32.8 Å². The molecule has 3 aliphatic heterocycles. The highest BCUT2D eigenvalue weighted by Gasteiger charge is 2.51. The predicted octanol–water partition coefficient (Wildman–Crippen LogP) is 3.69. The second kappa shape index (κ2) is 15.8. The molecule has 0 aliphatic carbocycles. The maximum Gasteiger partial charge on any atom is 0.319 e. The molecule has 45 heavy (non-hydrogen) atoms. The molecule has 0 radical (unpaired) electrons. The molecule has 1 N–H and O–H groups in total. The van der Waals surface area contributed by atoms with Crippen molar-refractivity contribution in [3.8, 4) is 0 Å². The third-order valence-electron chi connectivity index (χ3n) is 11.0. The van der Waals surface area contributed by atoms with Gasteiger partial charge in [-0.15, -0.1) is 0 Å². The molecule has 262 valence electrons. The highest BCUT2D eigenvalue weighted by Crippen LogP contribution is 2.38. The Kier molecular flexibility index (Phi) is 13.5. The summed E-state index contributed by atoms with van der Waals surface area (Å²) in [6, 6.07) is -0.174. The van der Waals surface area contributed by atoms with Crippen LogP contribution in [0.25, 0.3) is 0 Å². The number of likely N-dealkylation sites (N-methyl/N-ethyl adjacent to an activating group) is 2. The number of rotatable bonds is 7. The van der Waals surface area contributed by atoms with Crippen LogP contribution in [-0.4, -0.2) is 135 Å². The fourth-order valence-corrected chi connectivity index (χ4v) is 7.88. The third kappa shape index (κ3) is 9.27. The van der Waals surface area contributed by atoms with Gasteiger partial charge in [0, 0.05) is 32.2 Å². The SMILES string of the molecule is CO[C@]1(C)C[C@@H](C)CN(C)[C@H](CN2CCC(C(C)C)CC2)COC(=O)C(C)(C)C(=O)[C@H](C)[C@H]1O[C@@H]1O[C@H](C)C[C@H](N(C)C)[C@H]1O. The summed E-state index contributed by atoms with van der Waals surface area (Å²) in [6.45, 7) is 19.7. The Balaban J connectivity index is 1.91. The van der Waals surface area contributed by atoms with E-state index in [0.29, 0.717) is 18.8 Å². The van der Waals surface area contributed by atoms with Crippen LogP contribution in [0.15, 0.2) is 0 Å². The van der Waals surface area contributed by atoms with Gasteiger partial charge in [-0.05, 0) is 105 Å². The number of esters is 1. The van der Waals surface area contributed by atoms with Crippen molar-refractivity contribution in [1.29, 1.82) is 0 Å². The number of nitrogens with zero attached hydrogens (tertiary/aromatic N) is 3. The molecule has 10 heteroatoms. The second-order valence-electron chi connectivity index (χ2n) is 15.8. The number of ketones is 1. The number of cyclic esters (lactones) is 1. The Labute approximate surface area is 273 Å². The Morgan fingerprint density at radius 1 is 1.09 bits per heavy atom. The van der Waals surface area contributed by atoms with E-state index in [0.717, 1.165) is 32.1 Å². The van der Waals surface area contributed by atoms with Gasteiger partial charge in [0.25, 0.3) is 0 Å². The van der Waals surface area contributed by atoms with Gasteiger partial charge in [0.05, 0.1) is 23.9 Å². The first-order chi connectivity index (χ1) is 20.9. The summed E-state index contributed by atoms with van der Waals surface area (Å²) in [7, 11) is 7.61. The Morgan fingerprint density at radius 3 is 2.27 bits per heavy atom. The first-order valence-corrected chi connectivity index (χ1v) is 17.3. The monoisotopic (exact) mass is 639 g/mol. The lowest BCUT2D eigenvalue weighted by molar-refractivity contribution is -0.295. The summed E-state index contributed by atoms with van der Waals surface area (Å²) in [5.74, 6) is 0.0552. The fraction of sp³-hybridized carbons (Fsp3) is 0.943. The van der Waals surface area contributed by atoms with Gasteiger partial charge in [-0.25, -0.2) is 0 Å². The van der Waals surface area contributed by atoms with Crippen molar-refractivity contribution in [3.63, 3.8) is 0 Å². The van der Waals surface area contributed by atoms with Gasteiger partial charge < -0.3 is 33.9 Å². The number of carbonyl (C=O) groups is 2. The van der Waals surface area contributed by atoms with Crippen molar-refractivity contribution in [2.45, 2.75) is 123 Å². The predicted molar refractivity (Wildman–Crippen MR) is 176 cm³/mol. The van der Waals surface area contributed by atoms with Gasteiger partial charge in [-0.1, -0.05) is 27.7 Å². The Morgan fingerprint density at radius 2 is 1.71 bits per heavy atom. The number of hydrogen-bond donors (Lipinski definition) is 1. The van der Waals surface area contributed by atoms with Crippen LogP contribution >= 0.6 is 0 Å². The van der Waals surface area contributed by atoms with Gasteiger partial charge in [-0.3, -0.25) is 14.5 Å². The van der Waals surface area contributed by atoms with Crippen molar-refractivity contribution >= 4 is 11.8 Å². The van der Waals surface area contributed by atoms with Crippen molar-refractivity contribution in [1.82, 2.24) is 14.7 Å². The minimum absolute atomic E-state index is 0.00725.